The molecular weight excluding hydrogens is 590 g/mol. The first-order valence-corrected chi connectivity index (χ1v) is 16.2. The smallest absolute Gasteiger partial charge is 0.119 e. The highest BCUT2D eigenvalue weighted by atomic mass is 16.6. The fourth-order valence-electron chi connectivity index (χ4n) is 3.33. The van der Waals surface area contributed by atoms with Crippen molar-refractivity contribution in [1.82, 2.24) is 0 Å². The Morgan fingerprint density at radius 2 is 0.600 bits per heavy atom. The monoisotopic (exact) mass is 649 g/mol. The summed E-state index contributed by atoms with van der Waals surface area (Å²) >= 11 is 0. The minimum atomic E-state index is 0.477. The molecule has 0 heterocycles. The zero-order valence-electron chi connectivity index (χ0n) is 27.5. The van der Waals surface area contributed by atoms with E-state index in [-0.39, 0.29) is 0 Å². The zero-order valence-corrected chi connectivity index (χ0v) is 27.5. The van der Waals surface area contributed by atoms with Crippen molar-refractivity contribution in [3.8, 4) is 5.75 Å². The van der Waals surface area contributed by atoms with Gasteiger partial charge in [-0.15, -0.1) is 0 Å². The molecule has 45 heavy (non-hydrogen) atoms. The maximum absolute atomic E-state index is 5.64. The number of anilines is 1. The third-order valence-electron chi connectivity index (χ3n) is 5.74. The predicted octanol–water partition coefficient (Wildman–Crippen LogP) is 2.63. The van der Waals surface area contributed by atoms with Gasteiger partial charge in [-0.25, -0.2) is 0 Å². The number of ether oxygens (including phenoxy) is 12. The van der Waals surface area contributed by atoms with E-state index in [4.69, 9.17) is 62.6 Å². The maximum atomic E-state index is 5.64. The number of nitrogens with two attached hydrogens (primary N) is 1. The lowest BCUT2D eigenvalue weighted by Gasteiger charge is -2.09. The van der Waals surface area contributed by atoms with Gasteiger partial charge in [0.15, 0.2) is 0 Å². The molecule has 0 aromatic heterocycles. The van der Waals surface area contributed by atoms with E-state index in [9.17, 15) is 0 Å². The van der Waals surface area contributed by atoms with Gasteiger partial charge in [0.1, 0.15) is 12.4 Å². The van der Waals surface area contributed by atoms with Crippen molar-refractivity contribution in [2.75, 3.05) is 158 Å². The van der Waals surface area contributed by atoms with Crippen LogP contribution in [0.3, 0.4) is 0 Å². The van der Waals surface area contributed by atoms with Gasteiger partial charge in [0, 0.05) is 12.3 Å². The molecule has 0 atom stereocenters. The largest absolute Gasteiger partial charge is 0.491 e. The Hall–Kier alpha value is -1.62. The maximum Gasteiger partial charge on any atom is 0.119 e. The SMILES string of the molecule is CCCCOCCOCCOCCOCCOCCOCCOCCOCCOCCOCCOCCOc1ccc(N)cc1. The van der Waals surface area contributed by atoms with Gasteiger partial charge in [-0.05, 0) is 30.7 Å². The molecule has 0 saturated carbocycles. The zero-order chi connectivity index (χ0) is 32.1. The van der Waals surface area contributed by atoms with Crippen LogP contribution in [-0.2, 0) is 52.1 Å². The van der Waals surface area contributed by atoms with Crippen molar-refractivity contribution < 1.29 is 56.8 Å². The summed E-state index contributed by atoms with van der Waals surface area (Å²) in [6.45, 7) is 14.5. The van der Waals surface area contributed by atoms with Gasteiger partial charge in [0.05, 0.1) is 139 Å². The number of rotatable bonds is 37. The van der Waals surface area contributed by atoms with E-state index in [0.29, 0.717) is 151 Å². The number of unbranched alkanes of at least 4 members (excludes halogenated alkanes) is 1. The first kappa shape index (κ1) is 41.4. The third-order valence-corrected chi connectivity index (χ3v) is 5.74. The molecular formula is C32H59NO12. The lowest BCUT2D eigenvalue weighted by atomic mass is 10.3. The molecule has 1 aromatic carbocycles. The number of hydrogen-bond donors (Lipinski definition) is 1. The lowest BCUT2D eigenvalue weighted by Crippen LogP contribution is -2.15. The quantitative estimate of drug-likeness (QED) is 0.0836. The highest BCUT2D eigenvalue weighted by Gasteiger charge is 1.97. The third kappa shape index (κ3) is 32.1. The van der Waals surface area contributed by atoms with Gasteiger partial charge in [-0.2, -0.15) is 0 Å². The molecule has 0 saturated heterocycles. The predicted molar refractivity (Wildman–Crippen MR) is 170 cm³/mol. The molecule has 0 fully saturated rings. The minimum absolute atomic E-state index is 0.477. The molecule has 0 bridgehead atoms. The average Bonchev–Trinajstić information content (AvgIpc) is 3.05. The van der Waals surface area contributed by atoms with Crippen molar-refractivity contribution in [2.45, 2.75) is 19.8 Å². The Balaban J connectivity index is 1.62. The number of nitrogen functional groups attached to an aromatic ring is 1. The first-order chi connectivity index (χ1) is 22.3. The summed E-state index contributed by atoms with van der Waals surface area (Å²) < 4.78 is 65.7. The molecule has 0 aliphatic carbocycles. The summed E-state index contributed by atoms with van der Waals surface area (Å²) in [4.78, 5) is 0. The van der Waals surface area contributed by atoms with Crippen LogP contribution in [-0.4, -0.2) is 152 Å². The molecule has 1 rings (SSSR count). The molecule has 2 N–H and O–H groups in total. The normalized spacial score (nSPS) is 11.4. The van der Waals surface area contributed by atoms with E-state index in [1.807, 2.05) is 12.1 Å². The van der Waals surface area contributed by atoms with Crippen LogP contribution < -0.4 is 10.5 Å². The van der Waals surface area contributed by atoms with Gasteiger partial charge in [-0.3, -0.25) is 0 Å². The van der Waals surface area contributed by atoms with Crippen LogP contribution in [0.5, 0.6) is 5.75 Å². The second kappa shape index (κ2) is 35.2. The topological polar surface area (TPSA) is 137 Å². The van der Waals surface area contributed by atoms with E-state index < -0.39 is 0 Å². The number of benzene rings is 1. The Kier molecular flexibility index (Phi) is 32.4. The lowest BCUT2D eigenvalue weighted by molar-refractivity contribution is -0.0277. The Morgan fingerprint density at radius 1 is 0.356 bits per heavy atom. The van der Waals surface area contributed by atoms with E-state index in [0.717, 1.165) is 25.2 Å². The van der Waals surface area contributed by atoms with Gasteiger partial charge in [0.2, 0.25) is 0 Å². The molecule has 0 aliphatic heterocycles. The molecule has 0 aliphatic rings. The fraction of sp³-hybridized carbons (Fsp3) is 0.812. The number of hydrogen-bond acceptors (Lipinski definition) is 13. The van der Waals surface area contributed by atoms with Crippen molar-refractivity contribution in [3.63, 3.8) is 0 Å². The van der Waals surface area contributed by atoms with Gasteiger partial charge < -0.3 is 62.6 Å². The van der Waals surface area contributed by atoms with Crippen LogP contribution in [0, 0.1) is 0 Å². The summed E-state index contributed by atoms with van der Waals surface area (Å²) in [5.41, 5.74) is 6.35. The first-order valence-electron chi connectivity index (χ1n) is 16.2. The molecule has 0 spiro atoms. The van der Waals surface area contributed by atoms with Crippen LogP contribution in [0.4, 0.5) is 5.69 Å². The second-order valence-electron chi connectivity index (χ2n) is 9.51. The summed E-state index contributed by atoms with van der Waals surface area (Å²) in [5.74, 6) is 0.773. The molecule has 0 unspecified atom stereocenters. The summed E-state index contributed by atoms with van der Waals surface area (Å²) in [6, 6.07) is 7.27. The van der Waals surface area contributed by atoms with E-state index in [1.54, 1.807) is 12.1 Å². The average molecular weight is 650 g/mol. The Labute approximate surface area is 270 Å². The highest BCUT2D eigenvalue weighted by molar-refractivity contribution is 5.41. The van der Waals surface area contributed by atoms with Gasteiger partial charge in [-0.1, -0.05) is 13.3 Å². The van der Waals surface area contributed by atoms with Crippen LogP contribution in [0.1, 0.15) is 19.8 Å². The van der Waals surface area contributed by atoms with Crippen molar-refractivity contribution >= 4 is 5.69 Å². The Morgan fingerprint density at radius 3 is 0.867 bits per heavy atom. The van der Waals surface area contributed by atoms with Crippen LogP contribution in [0.2, 0.25) is 0 Å². The summed E-state index contributed by atoms with van der Waals surface area (Å²) in [6.07, 6.45) is 2.24. The molecule has 13 heteroatoms. The van der Waals surface area contributed by atoms with E-state index in [1.165, 1.54) is 0 Å². The molecule has 1 aromatic rings. The molecule has 264 valence electrons. The second-order valence-corrected chi connectivity index (χ2v) is 9.51. The minimum Gasteiger partial charge on any atom is -0.491 e. The standard InChI is InChI=1S/C32H59NO12/c1-2-3-8-34-9-10-35-11-12-36-13-14-37-15-16-38-17-18-39-19-20-40-21-22-41-23-24-42-25-26-43-27-28-44-29-30-45-32-6-4-31(33)5-7-32/h4-7H,2-3,8-30,33H2,1H3. The van der Waals surface area contributed by atoms with Crippen molar-refractivity contribution in [3.05, 3.63) is 24.3 Å². The van der Waals surface area contributed by atoms with Crippen LogP contribution in [0.15, 0.2) is 24.3 Å². The highest BCUT2D eigenvalue weighted by Crippen LogP contribution is 2.12. The molecule has 13 nitrogen and oxygen atoms in total. The van der Waals surface area contributed by atoms with Crippen LogP contribution >= 0.6 is 0 Å². The summed E-state index contributed by atoms with van der Waals surface area (Å²) in [5, 5.41) is 0. The Bertz CT molecular complexity index is 701. The van der Waals surface area contributed by atoms with Crippen molar-refractivity contribution in [2.24, 2.45) is 0 Å². The fourth-order valence-corrected chi connectivity index (χ4v) is 3.33. The molecule has 0 radical (unpaired) electrons. The molecule has 0 amide bonds. The van der Waals surface area contributed by atoms with Crippen molar-refractivity contribution in [1.29, 1.82) is 0 Å². The summed E-state index contributed by atoms with van der Waals surface area (Å²) in [7, 11) is 0. The van der Waals surface area contributed by atoms with Crippen LogP contribution in [0.25, 0.3) is 0 Å². The van der Waals surface area contributed by atoms with Gasteiger partial charge in [0.25, 0.3) is 0 Å². The van der Waals surface area contributed by atoms with E-state index >= 15 is 0 Å². The van der Waals surface area contributed by atoms with E-state index in [2.05, 4.69) is 6.92 Å². The van der Waals surface area contributed by atoms with Gasteiger partial charge >= 0.3 is 0 Å².